The van der Waals surface area contributed by atoms with E-state index in [0.717, 1.165) is 21.6 Å². The number of anilines is 1. The second-order valence-corrected chi connectivity index (χ2v) is 15.0. The number of ether oxygens (including phenoxy) is 1. The molecule has 3 aromatic rings. The van der Waals surface area contributed by atoms with Gasteiger partial charge in [-0.05, 0) is 52.1 Å². The van der Waals surface area contributed by atoms with Crippen molar-refractivity contribution >= 4 is 52.3 Å². The molecule has 0 spiro atoms. The van der Waals surface area contributed by atoms with Crippen LogP contribution in [0.1, 0.15) is 83.1 Å². The van der Waals surface area contributed by atoms with E-state index in [2.05, 4.69) is 0 Å². The molecule has 0 unspecified atom stereocenters. The lowest BCUT2D eigenvalue weighted by molar-refractivity contribution is -0.214. The topological polar surface area (TPSA) is 87.1 Å². The lowest BCUT2D eigenvalue weighted by Gasteiger charge is -2.47. The maximum atomic E-state index is 14.5. The number of hydrogen-bond donors (Lipinski definition) is 2. The van der Waals surface area contributed by atoms with Gasteiger partial charge in [0.25, 0.3) is 0 Å². The van der Waals surface area contributed by atoms with Gasteiger partial charge in [-0.2, -0.15) is 0 Å². The largest absolute Gasteiger partial charge is 0.507 e. The Labute approximate surface area is 268 Å². The number of benzene rings is 3. The van der Waals surface area contributed by atoms with Crippen LogP contribution in [-0.2, 0) is 20.4 Å². The number of fused-ring (bicyclic) bond motifs is 2. The third kappa shape index (κ3) is 5.52. The Morgan fingerprint density at radius 2 is 1.35 bits per heavy atom. The molecule has 0 aromatic heterocycles. The Bertz CT molecular complexity index is 1490. The number of imide groups is 1. The number of alkyl halides is 3. The summed E-state index contributed by atoms with van der Waals surface area (Å²) in [6, 6.07) is 19.8. The predicted octanol–water partition coefficient (Wildman–Crippen LogP) is 8.16. The fourth-order valence-electron chi connectivity index (χ4n) is 6.31. The van der Waals surface area contributed by atoms with Gasteiger partial charge < -0.3 is 14.9 Å². The number of halogens is 3. The molecule has 43 heavy (non-hydrogen) atoms. The van der Waals surface area contributed by atoms with Crippen LogP contribution in [0, 0.1) is 5.41 Å². The average Bonchev–Trinajstić information content (AvgIpc) is 3.08. The van der Waals surface area contributed by atoms with E-state index < -0.39 is 44.1 Å². The lowest BCUT2D eigenvalue weighted by Crippen LogP contribution is -2.60. The minimum atomic E-state index is -2.42. The standard InChI is InChI=1S/C33H37NO5.CHCl3/c1-8-32-26(20-18-23(30(2,3)4)27(35)24(19-20)31(5,6)7)22-16-12-13-17-25(22)39-33(32,38)29(37)34(28(32)36)21-14-10-9-11-15-21;2-1(3)4/h9-19,26,35,38H,8H2,1-7H3;1H/t26-,32+,33-;/m0./s1. The highest BCUT2D eigenvalue weighted by Crippen LogP contribution is 2.62. The molecule has 230 valence electrons. The first-order valence-corrected chi connectivity index (χ1v) is 15.5. The molecule has 9 heteroatoms. The molecular formula is C34H38Cl3NO5. The summed E-state index contributed by atoms with van der Waals surface area (Å²) >= 11 is 14.4. The van der Waals surface area contributed by atoms with Crippen molar-refractivity contribution < 1.29 is 24.5 Å². The Hall–Kier alpha value is -2.77. The van der Waals surface area contributed by atoms with Crippen molar-refractivity contribution in [3.8, 4) is 11.5 Å². The molecule has 2 aliphatic heterocycles. The second kappa shape index (κ2) is 11.6. The minimum absolute atomic E-state index is 0.146. The maximum Gasteiger partial charge on any atom is 0.307 e. The predicted molar refractivity (Wildman–Crippen MR) is 172 cm³/mol. The van der Waals surface area contributed by atoms with Gasteiger partial charge in [-0.25, -0.2) is 4.90 Å². The van der Waals surface area contributed by atoms with Crippen molar-refractivity contribution in [1.82, 2.24) is 0 Å². The quantitative estimate of drug-likeness (QED) is 0.222. The van der Waals surface area contributed by atoms with Gasteiger partial charge in [0.15, 0.2) is 4.30 Å². The fourth-order valence-corrected chi connectivity index (χ4v) is 6.31. The van der Waals surface area contributed by atoms with Crippen LogP contribution < -0.4 is 9.64 Å². The minimum Gasteiger partial charge on any atom is -0.507 e. The number of phenolic OH excluding ortho intramolecular Hbond substituents is 1. The molecule has 0 aliphatic carbocycles. The van der Waals surface area contributed by atoms with Gasteiger partial charge in [-0.3, -0.25) is 9.59 Å². The molecular weight excluding hydrogens is 609 g/mol. The molecule has 2 aliphatic rings. The number of phenols is 1. The molecule has 5 rings (SSSR count). The van der Waals surface area contributed by atoms with Crippen LogP contribution in [0.15, 0.2) is 66.7 Å². The number of carbonyl (C=O) groups is 2. The SMILES string of the molecule is CC[C@@]12C(=O)N(c3ccccc3)C(=O)[C@]1(O)Oc1ccccc1[C@@H]2c1cc(C(C)(C)C)c(O)c(C(C)(C)C)c1.ClC(Cl)Cl. The Morgan fingerprint density at radius 1 is 0.860 bits per heavy atom. The van der Waals surface area contributed by atoms with Gasteiger partial charge >= 0.3 is 11.7 Å². The monoisotopic (exact) mass is 645 g/mol. The molecule has 0 saturated carbocycles. The zero-order valence-corrected chi connectivity index (χ0v) is 27.7. The van der Waals surface area contributed by atoms with Crippen molar-refractivity contribution in [3.05, 3.63) is 89.0 Å². The number of para-hydroxylation sites is 2. The van der Waals surface area contributed by atoms with Gasteiger partial charge in [0.05, 0.1) is 5.69 Å². The van der Waals surface area contributed by atoms with Gasteiger partial charge in [-0.1, -0.05) is 132 Å². The molecule has 2 N–H and O–H groups in total. The Balaban J connectivity index is 0.000000996. The average molecular weight is 647 g/mol. The third-order valence-corrected chi connectivity index (χ3v) is 8.32. The summed E-state index contributed by atoms with van der Waals surface area (Å²) in [6.07, 6.45) is 0.146. The molecule has 0 bridgehead atoms. The van der Waals surface area contributed by atoms with E-state index in [0.29, 0.717) is 17.0 Å². The van der Waals surface area contributed by atoms with Crippen LogP contribution in [0.3, 0.4) is 0 Å². The van der Waals surface area contributed by atoms with E-state index in [-0.39, 0.29) is 12.2 Å². The molecule has 0 radical (unpaired) electrons. The summed E-state index contributed by atoms with van der Waals surface area (Å²) in [6.45, 7) is 14.0. The molecule has 1 fully saturated rings. The number of aromatic hydroxyl groups is 1. The fraction of sp³-hybridized carbons (Fsp3) is 0.412. The number of rotatable bonds is 3. The van der Waals surface area contributed by atoms with Crippen molar-refractivity contribution in [2.75, 3.05) is 4.90 Å². The highest BCUT2D eigenvalue weighted by molar-refractivity contribution is 6.63. The number of hydrogen-bond acceptors (Lipinski definition) is 5. The molecule has 3 aromatic carbocycles. The third-order valence-electron chi connectivity index (χ3n) is 8.32. The summed E-state index contributed by atoms with van der Waals surface area (Å²) in [5, 5.41) is 23.7. The van der Waals surface area contributed by atoms with Crippen LogP contribution in [-0.4, -0.2) is 32.1 Å². The van der Waals surface area contributed by atoms with Gasteiger partial charge in [0.2, 0.25) is 5.91 Å². The summed E-state index contributed by atoms with van der Waals surface area (Å²) in [7, 11) is 0. The normalized spacial score (nSPS) is 23.3. The lowest BCUT2D eigenvalue weighted by atomic mass is 9.60. The summed E-state index contributed by atoms with van der Waals surface area (Å²) < 4.78 is 5.39. The zero-order valence-electron chi connectivity index (χ0n) is 25.4. The zero-order chi connectivity index (χ0) is 32.1. The van der Waals surface area contributed by atoms with E-state index in [1.807, 2.05) is 72.7 Å². The first-order chi connectivity index (χ1) is 19.9. The molecule has 2 heterocycles. The summed E-state index contributed by atoms with van der Waals surface area (Å²) in [5.74, 6) is -3.87. The van der Waals surface area contributed by atoms with Crippen molar-refractivity contribution in [1.29, 1.82) is 0 Å². The van der Waals surface area contributed by atoms with Crippen molar-refractivity contribution in [2.24, 2.45) is 5.41 Å². The van der Waals surface area contributed by atoms with E-state index in [1.165, 1.54) is 0 Å². The first kappa shape index (κ1) is 33.1. The van der Waals surface area contributed by atoms with E-state index in [9.17, 15) is 19.8 Å². The Morgan fingerprint density at radius 3 is 1.84 bits per heavy atom. The summed E-state index contributed by atoms with van der Waals surface area (Å²) in [4.78, 5) is 29.6. The number of nitrogens with zero attached hydrogens (tertiary/aromatic N) is 1. The number of amides is 2. The van der Waals surface area contributed by atoms with Gasteiger partial charge in [0.1, 0.15) is 16.9 Å². The van der Waals surface area contributed by atoms with Gasteiger partial charge in [-0.15, -0.1) is 0 Å². The maximum absolute atomic E-state index is 14.5. The first-order valence-electron chi connectivity index (χ1n) is 14.2. The van der Waals surface area contributed by atoms with Gasteiger partial charge in [0, 0.05) is 11.5 Å². The van der Waals surface area contributed by atoms with Crippen LogP contribution in [0.2, 0.25) is 0 Å². The highest BCUT2D eigenvalue weighted by atomic mass is 35.6. The number of carbonyl (C=O) groups excluding carboxylic acids is 2. The van der Waals surface area contributed by atoms with Crippen LogP contribution >= 0.6 is 34.8 Å². The van der Waals surface area contributed by atoms with Crippen LogP contribution in [0.4, 0.5) is 5.69 Å². The van der Waals surface area contributed by atoms with Crippen LogP contribution in [0.5, 0.6) is 11.5 Å². The van der Waals surface area contributed by atoms with E-state index in [4.69, 9.17) is 39.5 Å². The van der Waals surface area contributed by atoms with E-state index in [1.54, 1.807) is 42.5 Å². The molecule has 6 nitrogen and oxygen atoms in total. The van der Waals surface area contributed by atoms with Crippen molar-refractivity contribution in [3.63, 3.8) is 0 Å². The van der Waals surface area contributed by atoms with Crippen molar-refractivity contribution in [2.45, 2.75) is 81.7 Å². The molecule has 2 amide bonds. The van der Waals surface area contributed by atoms with E-state index >= 15 is 0 Å². The number of aliphatic hydroxyl groups is 1. The molecule has 3 atom stereocenters. The highest BCUT2D eigenvalue weighted by Gasteiger charge is 2.76. The van der Waals surface area contributed by atoms with Crippen LogP contribution in [0.25, 0.3) is 0 Å². The molecule has 1 saturated heterocycles. The summed E-state index contributed by atoms with van der Waals surface area (Å²) in [5.41, 5.74) is 0.847. The Kier molecular flexibility index (Phi) is 8.96. The second-order valence-electron chi connectivity index (χ2n) is 13.0. The smallest absolute Gasteiger partial charge is 0.307 e.